The molecule has 64 valence electrons. The monoisotopic (exact) mass is 164 g/mol. The molecule has 0 bridgehead atoms. The van der Waals surface area contributed by atoms with Crippen molar-refractivity contribution in [1.29, 1.82) is 0 Å². The van der Waals surface area contributed by atoms with Crippen molar-refractivity contribution in [2.75, 3.05) is 0 Å². The molecule has 3 heteroatoms. The van der Waals surface area contributed by atoms with Crippen LogP contribution in [0.15, 0.2) is 12.3 Å². The summed E-state index contributed by atoms with van der Waals surface area (Å²) >= 11 is 0. The van der Waals surface area contributed by atoms with Crippen molar-refractivity contribution < 1.29 is 4.79 Å². The van der Waals surface area contributed by atoms with Gasteiger partial charge in [0.1, 0.15) is 5.78 Å². The fourth-order valence-corrected chi connectivity index (χ4v) is 1.71. The summed E-state index contributed by atoms with van der Waals surface area (Å²) in [4.78, 5) is 11.1. The van der Waals surface area contributed by atoms with Crippen molar-refractivity contribution in [2.45, 2.75) is 26.3 Å². The molecule has 0 radical (unpaired) electrons. The predicted octanol–water partition coefficient (Wildman–Crippen LogP) is 1.03. The van der Waals surface area contributed by atoms with Crippen LogP contribution in [-0.2, 0) is 17.8 Å². The maximum Gasteiger partial charge on any atom is 0.133 e. The SMILES string of the molecule is CC(=O)C1CCn2nccc2C1. The normalized spacial score (nSPS) is 21.9. The topological polar surface area (TPSA) is 34.9 Å². The lowest BCUT2D eigenvalue weighted by atomic mass is 9.93. The second kappa shape index (κ2) is 2.73. The van der Waals surface area contributed by atoms with E-state index in [2.05, 4.69) is 5.10 Å². The quantitative estimate of drug-likeness (QED) is 0.621. The van der Waals surface area contributed by atoms with Crippen LogP contribution >= 0.6 is 0 Å². The van der Waals surface area contributed by atoms with E-state index in [1.165, 1.54) is 5.69 Å². The summed E-state index contributed by atoms with van der Waals surface area (Å²) in [5, 5.41) is 4.16. The molecule has 2 rings (SSSR count). The fraction of sp³-hybridized carbons (Fsp3) is 0.556. The number of fused-ring (bicyclic) bond motifs is 1. The minimum absolute atomic E-state index is 0.231. The highest BCUT2D eigenvalue weighted by Crippen LogP contribution is 2.19. The first-order valence-corrected chi connectivity index (χ1v) is 4.28. The average molecular weight is 164 g/mol. The molecule has 1 atom stereocenters. The van der Waals surface area contributed by atoms with Crippen molar-refractivity contribution >= 4 is 5.78 Å². The summed E-state index contributed by atoms with van der Waals surface area (Å²) in [5.41, 5.74) is 1.20. The van der Waals surface area contributed by atoms with Gasteiger partial charge in [-0.2, -0.15) is 5.10 Å². The van der Waals surface area contributed by atoms with Gasteiger partial charge in [0.15, 0.2) is 0 Å². The predicted molar refractivity (Wildman–Crippen MR) is 44.7 cm³/mol. The third-order valence-corrected chi connectivity index (χ3v) is 2.52. The van der Waals surface area contributed by atoms with Crippen molar-refractivity contribution in [3.05, 3.63) is 18.0 Å². The van der Waals surface area contributed by atoms with E-state index in [4.69, 9.17) is 0 Å². The van der Waals surface area contributed by atoms with E-state index in [-0.39, 0.29) is 5.92 Å². The number of hydrogen-bond donors (Lipinski definition) is 0. The Labute approximate surface area is 71.4 Å². The van der Waals surface area contributed by atoms with Gasteiger partial charge in [0.25, 0.3) is 0 Å². The van der Waals surface area contributed by atoms with Crippen LogP contribution in [0.25, 0.3) is 0 Å². The summed E-state index contributed by atoms with van der Waals surface area (Å²) in [7, 11) is 0. The molecule has 2 heterocycles. The van der Waals surface area contributed by atoms with Crippen molar-refractivity contribution in [3.8, 4) is 0 Å². The van der Waals surface area contributed by atoms with Gasteiger partial charge in [-0.15, -0.1) is 0 Å². The molecule has 0 spiro atoms. The largest absolute Gasteiger partial charge is 0.300 e. The van der Waals surface area contributed by atoms with Crippen molar-refractivity contribution in [1.82, 2.24) is 9.78 Å². The van der Waals surface area contributed by atoms with E-state index in [9.17, 15) is 4.79 Å². The van der Waals surface area contributed by atoms with Crippen LogP contribution < -0.4 is 0 Å². The molecule has 12 heavy (non-hydrogen) atoms. The first-order chi connectivity index (χ1) is 5.77. The van der Waals surface area contributed by atoms with Gasteiger partial charge in [-0.3, -0.25) is 9.48 Å². The third-order valence-electron chi connectivity index (χ3n) is 2.52. The zero-order valence-corrected chi connectivity index (χ0v) is 7.16. The highest BCUT2D eigenvalue weighted by molar-refractivity contribution is 5.78. The van der Waals surface area contributed by atoms with Gasteiger partial charge in [0.05, 0.1) is 0 Å². The number of carbonyl (C=O) groups excluding carboxylic acids is 1. The number of aryl methyl sites for hydroxylation is 1. The molecule has 0 aromatic carbocycles. The van der Waals surface area contributed by atoms with Gasteiger partial charge < -0.3 is 0 Å². The molecule has 0 aliphatic carbocycles. The number of hydrogen-bond acceptors (Lipinski definition) is 2. The van der Waals surface area contributed by atoms with E-state index in [1.54, 1.807) is 13.1 Å². The molecule has 1 aliphatic heterocycles. The first kappa shape index (κ1) is 7.53. The van der Waals surface area contributed by atoms with Crippen molar-refractivity contribution in [2.24, 2.45) is 5.92 Å². The van der Waals surface area contributed by atoms with E-state index >= 15 is 0 Å². The lowest BCUT2D eigenvalue weighted by Gasteiger charge is -2.20. The Hall–Kier alpha value is -1.12. The first-order valence-electron chi connectivity index (χ1n) is 4.28. The summed E-state index contributed by atoms with van der Waals surface area (Å²) in [6, 6.07) is 2.00. The molecule has 0 amide bonds. The van der Waals surface area contributed by atoms with Crippen LogP contribution in [0.4, 0.5) is 0 Å². The van der Waals surface area contributed by atoms with Crippen LogP contribution in [0.1, 0.15) is 19.0 Å². The molecular weight excluding hydrogens is 152 g/mol. The standard InChI is InChI=1S/C9H12N2O/c1-7(12)8-3-5-11-9(6-8)2-4-10-11/h2,4,8H,3,5-6H2,1H3. The molecule has 1 aromatic heterocycles. The van der Waals surface area contributed by atoms with Crippen LogP contribution in [0.2, 0.25) is 0 Å². The van der Waals surface area contributed by atoms with Gasteiger partial charge in [-0.1, -0.05) is 0 Å². The average Bonchev–Trinajstić information content (AvgIpc) is 2.49. The van der Waals surface area contributed by atoms with E-state index in [1.807, 2.05) is 10.7 Å². The van der Waals surface area contributed by atoms with Crippen LogP contribution in [0.5, 0.6) is 0 Å². The molecular formula is C9H12N2O. The smallest absolute Gasteiger partial charge is 0.133 e. The highest BCUT2D eigenvalue weighted by Gasteiger charge is 2.21. The molecule has 3 nitrogen and oxygen atoms in total. The zero-order chi connectivity index (χ0) is 8.55. The fourth-order valence-electron chi connectivity index (χ4n) is 1.71. The summed E-state index contributed by atoms with van der Waals surface area (Å²) in [6.07, 6.45) is 3.62. The maximum atomic E-state index is 11.1. The third kappa shape index (κ3) is 1.15. The minimum Gasteiger partial charge on any atom is -0.300 e. The number of rotatable bonds is 1. The van der Waals surface area contributed by atoms with Crippen LogP contribution in [0, 0.1) is 5.92 Å². The Morgan fingerprint density at radius 3 is 3.33 bits per heavy atom. The number of aromatic nitrogens is 2. The van der Waals surface area contributed by atoms with Gasteiger partial charge in [0, 0.05) is 24.4 Å². The minimum atomic E-state index is 0.231. The number of carbonyl (C=O) groups is 1. The Morgan fingerprint density at radius 2 is 2.58 bits per heavy atom. The Kier molecular flexibility index (Phi) is 1.71. The summed E-state index contributed by atoms with van der Waals surface area (Å²) in [5.74, 6) is 0.539. The number of nitrogens with zero attached hydrogens (tertiary/aromatic N) is 2. The second-order valence-electron chi connectivity index (χ2n) is 3.35. The summed E-state index contributed by atoms with van der Waals surface area (Å²) < 4.78 is 1.99. The maximum absolute atomic E-state index is 11.1. The van der Waals surface area contributed by atoms with Gasteiger partial charge in [-0.05, 0) is 25.8 Å². The van der Waals surface area contributed by atoms with Crippen molar-refractivity contribution in [3.63, 3.8) is 0 Å². The number of Topliss-reactive ketones (excluding diaryl/α,β-unsaturated/α-hetero) is 1. The molecule has 0 saturated carbocycles. The second-order valence-corrected chi connectivity index (χ2v) is 3.35. The Bertz CT molecular complexity index is 303. The Balaban J connectivity index is 2.20. The van der Waals surface area contributed by atoms with Gasteiger partial charge >= 0.3 is 0 Å². The lowest BCUT2D eigenvalue weighted by Crippen LogP contribution is -2.24. The van der Waals surface area contributed by atoms with E-state index < -0.39 is 0 Å². The summed E-state index contributed by atoms with van der Waals surface area (Å²) in [6.45, 7) is 2.57. The molecule has 1 unspecified atom stereocenters. The molecule has 0 saturated heterocycles. The molecule has 1 aliphatic rings. The molecule has 0 fully saturated rings. The molecule has 1 aromatic rings. The van der Waals surface area contributed by atoms with Crippen LogP contribution in [0.3, 0.4) is 0 Å². The molecule has 0 N–H and O–H groups in total. The van der Waals surface area contributed by atoms with E-state index in [0.717, 1.165) is 19.4 Å². The highest BCUT2D eigenvalue weighted by atomic mass is 16.1. The van der Waals surface area contributed by atoms with Gasteiger partial charge in [0.2, 0.25) is 0 Å². The zero-order valence-electron chi connectivity index (χ0n) is 7.16. The van der Waals surface area contributed by atoms with Gasteiger partial charge in [-0.25, -0.2) is 0 Å². The van der Waals surface area contributed by atoms with Crippen LogP contribution in [-0.4, -0.2) is 15.6 Å². The van der Waals surface area contributed by atoms with E-state index in [0.29, 0.717) is 5.78 Å². The lowest BCUT2D eigenvalue weighted by molar-refractivity contribution is -0.121. The number of ketones is 1. The Morgan fingerprint density at radius 1 is 1.75 bits per heavy atom.